The van der Waals surface area contributed by atoms with E-state index in [0.29, 0.717) is 5.56 Å². The predicted octanol–water partition coefficient (Wildman–Crippen LogP) is 1.49. The van der Waals surface area contributed by atoms with Crippen molar-refractivity contribution in [2.45, 2.75) is 12.8 Å². The summed E-state index contributed by atoms with van der Waals surface area (Å²) >= 11 is 0. The Kier molecular flexibility index (Phi) is 3.18. The maximum atomic E-state index is 12.6. The van der Waals surface area contributed by atoms with Gasteiger partial charge in [0, 0.05) is 11.8 Å². The topological polar surface area (TPSA) is 59.4 Å². The van der Waals surface area contributed by atoms with Gasteiger partial charge in [0.25, 0.3) is 0 Å². The van der Waals surface area contributed by atoms with Crippen LogP contribution in [0.5, 0.6) is 5.88 Å². The molecule has 0 aromatic carbocycles. The van der Waals surface area contributed by atoms with Gasteiger partial charge in [-0.1, -0.05) is 6.07 Å². The van der Waals surface area contributed by atoms with Crippen molar-refractivity contribution < 1.29 is 23.4 Å². The zero-order chi connectivity index (χ0) is 11.5. The Morgan fingerprint density at radius 3 is 2.87 bits per heavy atom. The standard InChI is InChI=1S/C9H9F2NO3/c1-6-3-2-4-12-7(6)15-5-9(10,11)8(13)14/h2-4H,5H2,1H3,(H,13,14). The zero-order valence-corrected chi connectivity index (χ0v) is 7.91. The minimum atomic E-state index is -3.90. The lowest BCUT2D eigenvalue weighted by Gasteiger charge is -2.12. The molecule has 1 rings (SSSR count). The molecular weight excluding hydrogens is 208 g/mol. The summed E-state index contributed by atoms with van der Waals surface area (Å²) in [5, 5.41) is 8.14. The Morgan fingerprint density at radius 2 is 2.33 bits per heavy atom. The van der Waals surface area contributed by atoms with E-state index in [4.69, 9.17) is 5.11 Å². The van der Waals surface area contributed by atoms with E-state index >= 15 is 0 Å². The van der Waals surface area contributed by atoms with E-state index in [0.717, 1.165) is 0 Å². The largest absolute Gasteiger partial charge is 0.477 e. The maximum Gasteiger partial charge on any atom is 0.378 e. The van der Waals surface area contributed by atoms with E-state index in [2.05, 4.69) is 9.72 Å². The van der Waals surface area contributed by atoms with Crippen LogP contribution in [0.3, 0.4) is 0 Å². The van der Waals surface area contributed by atoms with E-state index in [9.17, 15) is 13.6 Å². The second-order valence-corrected chi connectivity index (χ2v) is 2.92. The number of carbonyl (C=O) groups is 1. The monoisotopic (exact) mass is 217 g/mol. The van der Waals surface area contributed by atoms with Crippen molar-refractivity contribution in [1.82, 2.24) is 4.98 Å². The van der Waals surface area contributed by atoms with Gasteiger partial charge in [-0.15, -0.1) is 0 Å². The second kappa shape index (κ2) is 4.20. The summed E-state index contributed by atoms with van der Waals surface area (Å²) in [7, 11) is 0. The minimum Gasteiger partial charge on any atom is -0.477 e. The quantitative estimate of drug-likeness (QED) is 0.829. The number of hydrogen-bond donors (Lipinski definition) is 1. The van der Waals surface area contributed by atoms with Crippen molar-refractivity contribution in [2.24, 2.45) is 0 Å². The highest BCUT2D eigenvalue weighted by Gasteiger charge is 2.40. The summed E-state index contributed by atoms with van der Waals surface area (Å²) in [5.74, 6) is -6.10. The van der Waals surface area contributed by atoms with Crippen molar-refractivity contribution >= 4 is 5.97 Å². The van der Waals surface area contributed by atoms with Gasteiger partial charge in [0.2, 0.25) is 5.88 Å². The van der Waals surface area contributed by atoms with Crippen molar-refractivity contribution in [3.05, 3.63) is 23.9 Å². The van der Waals surface area contributed by atoms with Crippen molar-refractivity contribution in [1.29, 1.82) is 0 Å². The molecule has 1 aromatic heterocycles. The van der Waals surface area contributed by atoms with Crippen LogP contribution in [0.25, 0.3) is 0 Å². The van der Waals surface area contributed by atoms with Gasteiger partial charge in [-0.25, -0.2) is 9.78 Å². The molecule has 0 saturated heterocycles. The van der Waals surface area contributed by atoms with Crippen LogP contribution in [-0.2, 0) is 4.79 Å². The summed E-state index contributed by atoms with van der Waals surface area (Å²) in [6.07, 6.45) is 1.38. The number of aliphatic carboxylic acids is 1. The number of rotatable bonds is 4. The van der Waals surface area contributed by atoms with Gasteiger partial charge in [0.1, 0.15) is 0 Å². The molecule has 0 fully saturated rings. The summed E-state index contributed by atoms with van der Waals surface area (Å²) in [4.78, 5) is 13.8. The lowest BCUT2D eigenvalue weighted by molar-refractivity contribution is -0.168. The van der Waals surface area contributed by atoms with E-state index in [1.54, 1.807) is 19.1 Å². The van der Waals surface area contributed by atoms with E-state index in [1.807, 2.05) is 0 Å². The first-order chi connectivity index (χ1) is 6.93. The lowest BCUT2D eigenvalue weighted by atomic mass is 10.3. The number of nitrogens with zero attached hydrogens (tertiary/aromatic N) is 1. The maximum absolute atomic E-state index is 12.6. The molecule has 0 aliphatic rings. The number of halogens is 2. The fourth-order valence-corrected chi connectivity index (χ4v) is 0.843. The number of carboxylic acid groups (broad SMARTS) is 1. The van der Waals surface area contributed by atoms with Crippen LogP contribution in [0.1, 0.15) is 5.56 Å². The molecule has 6 heteroatoms. The molecule has 1 aromatic rings. The highest BCUT2D eigenvalue weighted by molar-refractivity contribution is 5.75. The lowest BCUT2D eigenvalue weighted by Crippen LogP contribution is -2.35. The average Bonchev–Trinajstić information content (AvgIpc) is 2.16. The van der Waals surface area contributed by atoms with Crippen LogP contribution in [0.2, 0.25) is 0 Å². The molecule has 0 aliphatic carbocycles. The van der Waals surface area contributed by atoms with Crippen LogP contribution in [-0.4, -0.2) is 28.6 Å². The van der Waals surface area contributed by atoms with Crippen LogP contribution < -0.4 is 4.74 Å². The van der Waals surface area contributed by atoms with Gasteiger partial charge in [0.05, 0.1) is 0 Å². The van der Waals surface area contributed by atoms with Gasteiger partial charge < -0.3 is 9.84 Å². The smallest absolute Gasteiger partial charge is 0.378 e. The van der Waals surface area contributed by atoms with Gasteiger partial charge in [-0.2, -0.15) is 8.78 Å². The molecule has 1 heterocycles. The third-order valence-electron chi connectivity index (χ3n) is 1.66. The third kappa shape index (κ3) is 2.87. The molecule has 0 bridgehead atoms. The predicted molar refractivity (Wildman–Crippen MR) is 47.1 cm³/mol. The summed E-state index contributed by atoms with van der Waals surface area (Å²) in [6, 6.07) is 3.25. The molecule has 0 radical (unpaired) electrons. The molecule has 4 nitrogen and oxygen atoms in total. The van der Waals surface area contributed by atoms with Crippen molar-refractivity contribution in [3.8, 4) is 5.88 Å². The summed E-state index contributed by atoms with van der Waals surface area (Å²) in [6.45, 7) is 0.404. The number of hydrogen-bond acceptors (Lipinski definition) is 3. The molecular formula is C9H9F2NO3. The number of carboxylic acids is 1. The first-order valence-electron chi connectivity index (χ1n) is 4.09. The van der Waals surface area contributed by atoms with E-state index in [1.165, 1.54) is 6.20 Å². The Balaban J connectivity index is 2.66. The Hall–Kier alpha value is -1.72. The molecule has 15 heavy (non-hydrogen) atoms. The molecule has 0 saturated carbocycles. The van der Waals surface area contributed by atoms with E-state index in [-0.39, 0.29) is 5.88 Å². The summed E-state index contributed by atoms with van der Waals surface area (Å²) in [5.41, 5.74) is 0.568. The molecule has 0 amide bonds. The van der Waals surface area contributed by atoms with Crippen LogP contribution in [0.15, 0.2) is 18.3 Å². The molecule has 0 aliphatic heterocycles. The number of aryl methyl sites for hydroxylation is 1. The van der Waals surface area contributed by atoms with Gasteiger partial charge in [-0.3, -0.25) is 0 Å². The fraction of sp³-hybridized carbons (Fsp3) is 0.333. The van der Waals surface area contributed by atoms with Gasteiger partial charge in [0.15, 0.2) is 6.61 Å². The fourth-order valence-electron chi connectivity index (χ4n) is 0.843. The molecule has 1 N–H and O–H groups in total. The van der Waals surface area contributed by atoms with Gasteiger partial charge >= 0.3 is 11.9 Å². The molecule has 0 spiro atoms. The molecule has 82 valence electrons. The molecule has 0 unspecified atom stereocenters. The first kappa shape index (κ1) is 11.4. The number of aromatic nitrogens is 1. The van der Waals surface area contributed by atoms with Gasteiger partial charge in [-0.05, 0) is 13.0 Å². The number of alkyl halides is 2. The third-order valence-corrected chi connectivity index (χ3v) is 1.66. The normalized spacial score (nSPS) is 11.1. The second-order valence-electron chi connectivity index (χ2n) is 2.92. The molecule has 0 atom stereocenters. The Bertz CT molecular complexity index is 368. The zero-order valence-electron chi connectivity index (χ0n) is 7.91. The van der Waals surface area contributed by atoms with Crippen LogP contribution in [0.4, 0.5) is 8.78 Å². The highest BCUT2D eigenvalue weighted by atomic mass is 19.3. The van der Waals surface area contributed by atoms with Crippen LogP contribution >= 0.6 is 0 Å². The van der Waals surface area contributed by atoms with Crippen molar-refractivity contribution in [3.63, 3.8) is 0 Å². The Labute approximate surface area is 84.5 Å². The SMILES string of the molecule is Cc1cccnc1OCC(F)(F)C(=O)O. The summed E-state index contributed by atoms with van der Waals surface area (Å²) < 4.78 is 29.8. The average molecular weight is 217 g/mol. The Morgan fingerprint density at radius 1 is 1.67 bits per heavy atom. The number of pyridine rings is 1. The van der Waals surface area contributed by atoms with E-state index < -0.39 is 18.5 Å². The minimum absolute atomic E-state index is 0.0124. The number of ether oxygens (including phenoxy) is 1. The highest BCUT2D eigenvalue weighted by Crippen LogP contribution is 2.18. The van der Waals surface area contributed by atoms with Crippen LogP contribution in [0, 0.1) is 6.92 Å². The van der Waals surface area contributed by atoms with Crippen molar-refractivity contribution in [2.75, 3.05) is 6.61 Å². The first-order valence-corrected chi connectivity index (χ1v) is 4.09.